The summed E-state index contributed by atoms with van der Waals surface area (Å²) in [5.74, 6) is 0.938. The van der Waals surface area contributed by atoms with Crippen LogP contribution < -0.4 is 0 Å². The van der Waals surface area contributed by atoms with Gasteiger partial charge >= 0.3 is 0 Å². The molecule has 2 aromatic rings. The number of hydrogen-bond acceptors (Lipinski definition) is 4. The predicted octanol–water partition coefficient (Wildman–Crippen LogP) is 2.18. The molecule has 2 aliphatic rings. The molecule has 0 unspecified atom stereocenters. The molecule has 0 saturated carbocycles. The number of fused-ring (bicyclic) bond motifs is 1. The second-order valence-electron chi connectivity index (χ2n) is 7.45. The number of imidazole rings is 1. The summed E-state index contributed by atoms with van der Waals surface area (Å²) in [5.41, 5.74) is 1.13. The minimum absolute atomic E-state index is 0.343. The number of nitrogens with zero attached hydrogens (tertiary/aromatic N) is 5. The van der Waals surface area contributed by atoms with Crippen LogP contribution in [0, 0.1) is 5.92 Å². The van der Waals surface area contributed by atoms with E-state index < -0.39 is 0 Å². The first-order valence-corrected chi connectivity index (χ1v) is 9.67. The van der Waals surface area contributed by atoms with Crippen molar-refractivity contribution in [3.05, 3.63) is 48.8 Å². The molecular weight excluding hydrogens is 326 g/mol. The Balaban J connectivity index is 1.33. The third-order valence-electron chi connectivity index (χ3n) is 5.71. The number of carbonyl (C=O) groups excluding carboxylic acids is 1. The smallest absolute Gasteiger partial charge is 0.222 e. The lowest BCUT2D eigenvalue weighted by Crippen LogP contribution is -2.56. The Kier molecular flexibility index (Phi) is 5.29. The first-order valence-electron chi connectivity index (χ1n) is 9.67. The van der Waals surface area contributed by atoms with E-state index in [1.807, 2.05) is 24.8 Å². The Morgan fingerprint density at radius 1 is 1.15 bits per heavy atom. The monoisotopic (exact) mass is 353 g/mol. The lowest BCUT2D eigenvalue weighted by atomic mass is 9.83. The number of pyridine rings is 1. The molecule has 2 aliphatic heterocycles. The normalized spacial score (nSPS) is 23.8. The SMILES string of the molecule is O=C1CC[C@@H]2CN(Cc3ccccn3)CC[C@@H]2N1CCCn1ccnc1. The van der Waals surface area contributed by atoms with Crippen LogP contribution in [0.25, 0.3) is 0 Å². The van der Waals surface area contributed by atoms with Crippen LogP contribution in [0.2, 0.25) is 0 Å². The number of aryl methyl sites for hydroxylation is 1. The quantitative estimate of drug-likeness (QED) is 0.799. The summed E-state index contributed by atoms with van der Waals surface area (Å²) < 4.78 is 2.08. The molecule has 26 heavy (non-hydrogen) atoms. The standard InChI is InChI=1S/C20H27N5O/c26-20-6-5-17-14-24(15-18-4-1-2-8-22-18)12-7-19(17)25(20)11-3-10-23-13-9-21-16-23/h1-2,4,8-9,13,16-17,19H,3,5-7,10-12,14-15H2/t17-,19+/m1/s1. The number of hydrogen-bond donors (Lipinski definition) is 0. The molecule has 0 N–H and O–H groups in total. The Labute approximate surface area is 154 Å². The summed E-state index contributed by atoms with van der Waals surface area (Å²) in [5, 5.41) is 0. The maximum absolute atomic E-state index is 12.5. The van der Waals surface area contributed by atoms with Crippen molar-refractivity contribution >= 4 is 5.91 Å². The van der Waals surface area contributed by atoms with Crippen LogP contribution in [0.3, 0.4) is 0 Å². The first-order chi connectivity index (χ1) is 12.8. The highest BCUT2D eigenvalue weighted by Gasteiger charge is 2.38. The van der Waals surface area contributed by atoms with Crippen molar-refractivity contribution in [1.29, 1.82) is 0 Å². The number of likely N-dealkylation sites (tertiary alicyclic amines) is 2. The molecule has 6 heteroatoms. The molecule has 2 saturated heterocycles. The fourth-order valence-electron chi connectivity index (χ4n) is 4.42. The fourth-order valence-corrected chi connectivity index (χ4v) is 4.42. The van der Waals surface area contributed by atoms with Gasteiger partial charge in [0.05, 0.1) is 12.0 Å². The molecule has 0 aromatic carbocycles. The van der Waals surface area contributed by atoms with Gasteiger partial charge in [-0.3, -0.25) is 14.7 Å². The van der Waals surface area contributed by atoms with Gasteiger partial charge in [-0.2, -0.15) is 0 Å². The molecule has 2 aromatic heterocycles. The van der Waals surface area contributed by atoms with E-state index in [0.29, 0.717) is 24.3 Å². The van der Waals surface area contributed by atoms with Gasteiger partial charge in [-0.25, -0.2) is 4.98 Å². The Hall–Kier alpha value is -2.21. The minimum atomic E-state index is 0.343. The average molecular weight is 353 g/mol. The number of carbonyl (C=O) groups is 1. The van der Waals surface area contributed by atoms with Crippen molar-refractivity contribution in [3.8, 4) is 0 Å². The topological polar surface area (TPSA) is 54.3 Å². The zero-order valence-electron chi connectivity index (χ0n) is 15.2. The van der Waals surface area contributed by atoms with E-state index in [9.17, 15) is 4.79 Å². The number of piperidine rings is 2. The Morgan fingerprint density at radius 3 is 2.92 bits per heavy atom. The van der Waals surface area contributed by atoms with E-state index in [4.69, 9.17) is 0 Å². The average Bonchev–Trinajstić information content (AvgIpc) is 3.18. The highest BCUT2D eigenvalue weighted by Crippen LogP contribution is 2.31. The highest BCUT2D eigenvalue weighted by atomic mass is 16.2. The van der Waals surface area contributed by atoms with Crippen LogP contribution in [-0.2, 0) is 17.9 Å². The van der Waals surface area contributed by atoms with Gasteiger partial charge in [0.2, 0.25) is 5.91 Å². The molecule has 1 amide bonds. The summed E-state index contributed by atoms with van der Waals surface area (Å²) in [6.45, 7) is 4.82. The van der Waals surface area contributed by atoms with Crippen LogP contribution in [0.1, 0.15) is 31.4 Å². The molecular formula is C20H27N5O. The van der Waals surface area contributed by atoms with Gasteiger partial charge in [-0.15, -0.1) is 0 Å². The van der Waals surface area contributed by atoms with E-state index in [0.717, 1.165) is 57.7 Å². The maximum Gasteiger partial charge on any atom is 0.222 e. The van der Waals surface area contributed by atoms with Gasteiger partial charge in [0.25, 0.3) is 0 Å². The zero-order valence-corrected chi connectivity index (χ0v) is 15.2. The van der Waals surface area contributed by atoms with Crippen LogP contribution in [-0.4, -0.2) is 55.9 Å². The van der Waals surface area contributed by atoms with E-state index in [1.165, 1.54) is 0 Å². The summed E-state index contributed by atoms with van der Waals surface area (Å²) in [6, 6.07) is 6.53. The molecule has 4 heterocycles. The molecule has 6 nitrogen and oxygen atoms in total. The maximum atomic E-state index is 12.5. The fraction of sp³-hybridized carbons (Fsp3) is 0.550. The second kappa shape index (κ2) is 7.99. The molecule has 0 bridgehead atoms. The van der Waals surface area contributed by atoms with Crippen molar-refractivity contribution in [2.24, 2.45) is 5.92 Å². The number of rotatable bonds is 6. The van der Waals surface area contributed by atoms with Crippen molar-refractivity contribution < 1.29 is 4.79 Å². The van der Waals surface area contributed by atoms with Crippen molar-refractivity contribution in [3.63, 3.8) is 0 Å². The second-order valence-corrected chi connectivity index (χ2v) is 7.45. The van der Waals surface area contributed by atoms with Gasteiger partial charge in [0.15, 0.2) is 0 Å². The third kappa shape index (κ3) is 3.96. The number of amides is 1. The molecule has 2 atom stereocenters. The lowest BCUT2D eigenvalue weighted by molar-refractivity contribution is -0.141. The molecule has 138 valence electrons. The van der Waals surface area contributed by atoms with E-state index in [-0.39, 0.29) is 0 Å². The Bertz CT molecular complexity index is 702. The van der Waals surface area contributed by atoms with E-state index in [1.54, 1.807) is 6.20 Å². The van der Waals surface area contributed by atoms with Crippen LogP contribution in [0.5, 0.6) is 0 Å². The van der Waals surface area contributed by atoms with Crippen molar-refractivity contribution in [1.82, 2.24) is 24.3 Å². The highest BCUT2D eigenvalue weighted by molar-refractivity contribution is 5.77. The first kappa shape index (κ1) is 17.2. The molecule has 4 rings (SSSR count). The van der Waals surface area contributed by atoms with Crippen LogP contribution in [0.15, 0.2) is 43.1 Å². The largest absolute Gasteiger partial charge is 0.339 e. The van der Waals surface area contributed by atoms with Gasteiger partial charge < -0.3 is 9.47 Å². The third-order valence-corrected chi connectivity index (χ3v) is 5.71. The van der Waals surface area contributed by atoms with Gasteiger partial charge in [-0.05, 0) is 37.3 Å². The van der Waals surface area contributed by atoms with E-state index >= 15 is 0 Å². The number of aromatic nitrogens is 3. The zero-order chi connectivity index (χ0) is 17.8. The summed E-state index contributed by atoms with van der Waals surface area (Å²) >= 11 is 0. The minimum Gasteiger partial charge on any atom is -0.339 e. The van der Waals surface area contributed by atoms with Gasteiger partial charge in [0.1, 0.15) is 0 Å². The summed E-state index contributed by atoms with van der Waals surface area (Å²) in [7, 11) is 0. The predicted molar refractivity (Wildman–Crippen MR) is 99.2 cm³/mol. The van der Waals surface area contributed by atoms with E-state index in [2.05, 4.69) is 36.5 Å². The van der Waals surface area contributed by atoms with Gasteiger partial charge in [-0.1, -0.05) is 6.07 Å². The molecule has 2 fully saturated rings. The van der Waals surface area contributed by atoms with Crippen LogP contribution in [0.4, 0.5) is 0 Å². The van der Waals surface area contributed by atoms with Gasteiger partial charge in [0, 0.05) is 63.8 Å². The summed E-state index contributed by atoms with van der Waals surface area (Å²) in [6.07, 6.45) is 11.3. The molecule has 0 spiro atoms. The Morgan fingerprint density at radius 2 is 2.12 bits per heavy atom. The van der Waals surface area contributed by atoms with Crippen molar-refractivity contribution in [2.75, 3.05) is 19.6 Å². The molecule has 0 radical (unpaired) electrons. The summed E-state index contributed by atoms with van der Waals surface area (Å²) in [4.78, 5) is 25.7. The van der Waals surface area contributed by atoms with Crippen molar-refractivity contribution in [2.45, 2.75) is 44.8 Å². The molecule has 0 aliphatic carbocycles. The van der Waals surface area contributed by atoms with Crippen LogP contribution >= 0.6 is 0 Å². The lowest BCUT2D eigenvalue weighted by Gasteiger charge is -2.47.